The highest BCUT2D eigenvalue weighted by atomic mass is 32.2. The maximum atomic E-state index is 13.0. The minimum atomic E-state index is -4.13. The SMILES string of the molecule is CN(C)S(=O)(=O)c1ccc2[nH]c3cc(S(=O)(=O)N(C)C)c(S(=O)(=O)N(C)C)cc3c2c1. The summed E-state index contributed by atoms with van der Waals surface area (Å²) in [4.78, 5) is 2.32. The summed E-state index contributed by atoms with van der Waals surface area (Å²) in [6.07, 6.45) is 0. The lowest BCUT2D eigenvalue weighted by Gasteiger charge is -2.18. The number of nitrogens with zero attached hydrogens (tertiary/aromatic N) is 3. The highest BCUT2D eigenvalue weighted by Crippen LogP contribution is 2.35. The Bertz CT molecular complexity index is 1500. The van der Waals surface area contributed by atoms with E-state index < -0.39 is 30.1 Å². The quantitative estimate of drug-likeness (QED) is 0.553. The van der Waals surface area contributed by atoms with Crippen molar-refractivity contribution in [3.05, 3.63) is 30.3 Å². The van der Waals surface area contributed by atoms with Crippen molar-refractivity contribution < 1.29 is 25.3 Å². The van der Waals surface area contributed by atoms with E-state index in [9.17, 15) is 25.3 Å². The molecule has 0 atom stereocenters. The van der Waals surface area contributed by atoms with Gasteiger partial charge in [0.05, 0.1) is 4.90 Å². The van der Waals surface area contributed by atoms with Crippen LogP contribution in [0.5, 0.6) is 0 Å². The van der Waals surface area contributed by atoms with Crippen molar-refractivity contribution in [3.8, 4) is 0 Å². The van der Waals surface area contributed by atoms with Gasteiger partial charge in [0.1, 0.15) is 9.79 Å². The Labute approximate surface area is 182 Å². The van der Waals surface area contributed by atoms with E-state index in [1.165, 1.54) is 66.6 Å². The van der Waals surface area contributed by atoms with Crippen LogP contribution >= 0.6 is 0 Å². The van der Waals surface area contributed by atoms with Crippen molar-refractivity contribution in [2.24, 2.45) is 0 Å². The summed E-state index contributed by atoms with van der Waals surface area (Å²) >= 11 is 0. The molecule has 1 aromatic heterocycles. The fourth-order valence-corrected chi connectivity index (χ4v) is 6.56. The number of hydrogen-bond donors (Lipinski definition) is 1. The first-order valence-electron chi connectivity index (χ1n) is 8.99. The van der Waals surface area contributed by atoms with Crippen LogP contribution in [0.2, 0.25) is 0 Å². The zero-order valence-corrected chi connectivity index (χ0v) is 20.4. The average Bonchev–Trinajstić information content (AvgIpc) is 3.03. The van der Waals surface area contributed by atoms with Gasteiger partial charge in [-0.2, -0.15) is 0 Å². The second kappa shape index (κ2) is 7.53. The molecule has 0 saturated heterocycles. The number of aromatic amines is 1. The van der Waals surface area contributed by atoms with Crippen molar-refractivity contribution in [2.75, 3.05) is 42.3 Å². The first-order chi connectivity index (χ1) is 14.1. The van der Waals surface area contributed by atoms with Gasteiger partial charge in [0.25, 0.3) is 0 Å². The Balaban J connectivity index is 2.48. The molecule has 31 heavy (non-hydrogen) atoms. The van der Waals surface area contributed by atoms with E-state index in [-0.39, 0.29) is 14.7 Å². The molecule has 0 fully saturated rings. The molecule has 2 aromatic carbocycles. The lowest BCUT2D eigenvalue weighted by Crippen LogP contribution is -2.28. The fourth-order valence-electron chi connectivity index (χ4n) is 3.05. The summed E-state index contributed by atoms with van der Waals surface area (Å²) in [5.74, 6) is 0. The van der Waals surface area contributed by atoms with Crippen LogP contribution in [0.25, 0.3) is 21.8 Å². The number of nitrogens with one attached hydrogen (secondary N) is 1. The second-order valence-corrected chi connectivity index (χ2v) is 13.9. The molecule has 170 valence electrons. The molecule has 0 unspecified atom stereocenters. The number of sulfonamides is 3. The lowest BCUT2D eigenvalue weighted by molar-refractivity contribution is 0.506. The summed E-state index contributed by atoms with van der Waals surface area (Å²) in [6.45, 7) is 0. The van der Waals surface area contributed by atoms with Crippen LogP contribution in [0.3, 0.4) is 0 Å². The molecule has 10 nitrogen and oxygen atoms in total. The summed E-state index contributed by atoms with van der Waals surface area (Å²) in [6, 6.07) is 6.97. The van der Waals surface area contributed by atoms with E-state index in [0.717, 1.165) is 12.9 Å². The molecule has 0 spiro atoms. The number of aromatic nitrogens is 1. The van der Waals surface area contributed by atoms with E-state index >= 15 is 0 Å². The molecule has 1 heterocycles. The second-order valence-electron chi connectivity index (χ2n) is 7.54. The number of H-pyrrole nitrogens is 1. The molecule has 13 heteroatoms. The molecule has 0 radical (unpaired) electrons. The summed E-state index contributed by atoms with van der Waals surface area (Å²) in [5, 5.41) is 0.853. The Kier molecular flexibility index (Phi) is 5.74. The lowest BCUT2D eigenvalue weighted by atomic mass is 10.1. The van der Waals surface area contributed by atoms with Gasteiger partial charge in [0.15, 0.2) is 0 Å². The fraction of sp³-hybridized carbons (Fsp3) is 0.333. The third-order valence-corrected chi connectivity index (χ3v) is 10.6. The maximum absolute atomic E-state index is 13.0. The van der Waals surface area contributed by atoms with Crippen molar-refractivity contribution in [2.45, 2.75) is 14.7 Å². The topological polar surface area (TPSA) is 128 Å². The molecule has 0 aliphatic heterocycles. The number of fused-ring (bicyclic) bond motifs is 3. The number of rotatable bonds is 6. The molecular weight excluding hydrogens is 464 g/mol. The Morgan fingerprint density at radius 2 is 1.03 bits per heavy atom. The zero-order chi connectivity index (χ0) is 23.5. The Hall–Kier alpha value is -2.03. The van der Waals surface area contributed by atoms with Gasteiger partial charge in [-0.05, 0) is 30.3 Å². The van der Waals surface area contributed by atoms with Gasteiger partial charge >= 0.3 is 0 Å². The predicted molar refractivity (Wildman–Crippen MR) is 118 cm³/mol. The molecule has 0 bridgehead atoms. The molecular formula is C18H24N4O6S3. The normalized spacial score (nSPS) is 13.8. The van der Waals surface area contributed by atoms with Crippen molar-refractivity contribution in [1.82, 2.24) is 17.9 Å². The Morgan fingerprint density at radius 1 is 0.581 bits per heavy atom. The van der Waals surface area contributed by atoms with Gasteiger partial charge in [0, 0.05) is 64.1 Å². The van der Waals surface area contributed by atoms with Gasteiger partial charge in [0.2, 0.25) is 30.1 Å². The van der Waals surface area contributed by atoms with E-state index in [2.05, 4.69) is 4.98 Å². The van der Waals surface area contributed by atoms with Crippen LogP contribution in [0.1, 0.15) is 0 Å². The standard InChI is InChI=1S/C18H24N4O6S3/c1-20(2)29(23,24)12-7-8-15-13(9-12)14-10-17(30(25,26)21(3)4)18(11-16(14)19-15)31(27,28)22(5)6/h7-11,19H,1-6H3. The van der Waals surface area contributed by atoms with Crippen molar-refractivity contribution in [3.63, 3.8) is 0 Å². The molecule has 0 amide bonds. The van der Waals surface area contributed by atoms with Gasteiger partial charge in [-0.1, -0.05) is 0 Å². The van der Waals surface area contributed by atoms with Crippen LogP contribution in [-0.2, 0) is 30.1 Å². The van der Waals surface area contributed by atoms with E-state index in [4.69, 9.17) is 0 Å². The first-order valence-corrected chi connectivity index (χ1v) is 13.3. The average molecular weight is 489 g/mol. The van der Waals surface area contributed by atoms with Crippen LogP contribution in [-0.4, -0.2) is 85.4 Å². The molecule has 0 aliphatic carbocycles. The monoisotopic (exact) mass is 488 g/mol. The minimum Gasteiger partial charge on any atom is -0.354 e. The van der Waals surface area contributed by atoms with Crippen LogP contribution in [0, 0.1) is 0 Å². The van der Waals surface area contributed by atoms with E-state index in [1.54, 1.807) is 6.07 Å². The summed E-state index contributed by atoms with van der Waals surface area (Å²) < 4.78 is 79.7. The summed E-state index contributed by atoms with van der Waals surface area (Å²) in [5.41, 5.74) is 0.910. The third kappa shape index (κ3) is 3.75. The number of benzene rings is 2. The van der Waals surface area contributed by atoms with Gasteiger partial charge < -0.3 is 4.98 Å². The molecule has 1 N–H and O–H groups in total. The number of hydrogen-bond acceptors (Lipinski definition) is 6. The predicted octanol–water partition coefficient (Wildman–Crippen LogP) is 1.07. The van der Waals surface area contributed by atoms with Crippen LogP contribution in [0.15, 0.2) is 45.0 Å². The van der Waals surface area contributed by atoms with Gasteiger partial charge in [-0.15, -0.1) is 0 Å². The van der Waals surface area contributed by atoms with E-state index in [1.807, 2.05) is 0 Å². The van der Waals surface area contributed by atoms with Gasteiger partial charge in [-0.25, -0.2) is 38.2 Å². The highest BCUT2D eigenvalue weighted by molar-refractivity contribution is 7.92. The molecule has 3 aromatic rings. The largest absolute Gasteiger partial charge is 0.354 e. The third-order valence-electron chi connectivity index (χ3n) is 4.93. The zero-order valence-electron chi connectivity index (χ0n) is 17.9. The van der Waals surface area contributed by atoms with Gasteiger partial charge in [-0.3, -0.25) is 0 Å². The summed E-state index contributed by atoms with van der Waals surface area (Å²) in [7, 11) is -3.87. The first kappa shape index (κ1) is 23.6. The Morgan fingerprint density at radius 3 is 1.52 bits per heavy atom. The molecule has 0 saturated carbocycles. The van der Waals surface area contributed by atoms with E-state index in [0.29, 0.717) is 21.8 Å². The van der Waals surface area contributed by atoms with Crippen LogP contribution in [0.4, 0.5) is 0 Å². The van der Waals surface area contributed by atoms with Crippen LogP contribution < -0.4 is 0 Å². The van der Waals surface area contributed by atoms with Crippen molar-refractivity contribution >= 4 is 51.9 Å². The smallest absolute Gasteiger partial charge is 0.243 e. The minimum absolute atomic E-state index is 0.0351. The molecule has 0 aliphatic rings. The van der Waals surface area contributed by atoms with Crippen molar-refractivity contribution in [1.29, 1.82) is 0 Å². The highest BCUT2D eigenvalue weighted by Gasteiger charge is 2.31. The molecule has 3 rings (SSSR count). The maximum Gasteiger partial charge on any atom is 0.243 e.